The van der Waals surface area contributed by atoms with Crippen molar-refractivity contribution in [3.63, 3.8) is 0 Å². The quantitative estimate of drug-likeness (QED) is 0.890. The summed E-state index contributed by atoms with van der Waals surface area (Å²) in [4.78, 5) is 5.63. The lowest BCUT2D eigenvalue weighted by atomic mass is 9.86. The Morgan fingerprint density at radius 2 is 2.28 bits per heavy atom. The molecule has 0 spiro atoms. The molecule has 0 saturated carbocycles. The number of aromatic nitrogens is 1. The van der Waals surface area contributed by atoms with Crippen LogP contribution in [-0.2, 0) is 11.3 Å². The summed E-state index contributed by atoms with van der Waals surface area (Å²) in [7, 11) is 0. The monoisotopic (exact) mass is 268 g/mol. The van der Waals surface area contributed by atoms with Crippen LogP contribution in [0.4, 0.5) is 0 Å². The third-order valence-electron chi connectivity index (χ3n) is 4.02. The van der Waals surface area contributed by atoms with Crippen LogP contribution in [0.25, 0.3) is 0 Å². The van der Waals surface area contributed by atoms with Crippen LogP contribution < -0.4 is 5.32 Å². The van der Waals surface area contributed by atoms with E-state index in [-0.39, 0.29) is 5.60 Å². The normalized spacial score (nSPS) is 23.2. The zero-order valence-electron chi connectivity index (χ0n) is 11.7. The van der Waals surface area contributed by atoms with Crippen molar-refractivity contribution < 1.29 is 4.74 Å². The largest absolute Gasteiger partial charge is 0.375 e. The van der Waals surface area contributed by atoms with Crippen molar-refractivity contribution in [2.75, 3.05) is 6.61 Å². The second kappa shape index (κ2) is 6.13. The van der Waals surface area contributed by atoms with Gasteiger partial charge in [-0.05, 0) is 32.6 Å². The molecular weight excluding hydrogens is 244 g/mol. The number of hydrogen-bond acceptors (Lipinski definition) is 4. The molecule has 3 nitrogen and oxygen atoms in total. The molecule has 2 heterocycles. The van der Waals surface area contributed by atoms with E-state index in [9.17, 15) is 0 Å². The molecule has 4 heteroatoms. The molecule has 1 aromatic rings. The SMILES string of the molecule is CCC1(CC)CC(NCc2cnc(C)s2)CCO1. The maximum atomic E-state index is 6.00. The molecule has 1 unspecified atom stereocenters. The summed E-state index contributed by atoms with van der Waals surface area (Å²) in [5, 5.41) is 4.81. The van der Waals surface area contributed by atoms with Gasteiger partial charge in [-0.3, -0.25) is 0 Å². The van der Waals surface area contributed by atoms with Crippen LogP contribution in [-0.4, -0.2) is 23.2 Å². The predicted octanol–water partition coefficient (Wildman–Crippen LogP) is 3.28. The number of rotatable bonds is 5. The van der Waals surface area contributed by atoms with Gasteiger partial charge in [-0.2, -0.15) is 0 Å². The van der Waals surface area contributed by atoms with E-state index in [1.54, 1.807) is 11.3 Å². The highest BCUT2D eigenvalue weighted by atomic mass is 32.1. The average molecular weight is 268 g/mol. The second-order valence-electron chi connectivity index (χ2n) is 5.15. The molecule has 0 aromatic carbocycles. The summed E-state index contributed by atoms with van der Waals surface area (Å²) in [5.41, 5.74) is 0.111. The second-order valence-corrected chi connectivity index (χ2v) is 6.47. The lowest BCUT2D eigenvalue weighted by Crippen LogP contribution is -2.46. The topological polar surface area (TPSA) is 34.2 Å². The summed E-state index contributed by atoms with van der Waals surface area (Å²) >= 11 is 1.78. The Kier molecular flexibility index (Phi) is 4.76. The van der Waals surface area contributed by atoms with Crippen LogP contribution in [0.3, 0.4) is 0 Å². The van der Waals surface area contributed by atoms with Crippen molar-refractivity contribution in [2.24, 2.45) is 0 Å². The number of hydrogen-bond donors (Lipinski definition) is 1. The fraction of sp³-hybridized carbons (Fsp3) is 0.786. The van der Waals surface area contributed by atoms with E-state index >= 15 is 0 Å². The van der Waals surface area contributed by atoms with E-state index in [0.29, 0.717) is 6.04 Å². The van der Waals surface area contributed by atoms with Gasteiger partial charge in [0.2, 0.25) is 0 Å². The Morgan fingerprint density at radius 3 is 2.89 bits per heavy atom. The molecule has 0 radical (unpaired) electrons. The highest BCUT2D eigenvalue weighted by Gasteiger charge is 2.34. The lowest BCUT2D eigenvalue weighted by molar-refractivity contribution is -0.0931. The number of aryl methyl sites for hydroxylation is 1. The maximum absolute atomic E-state index is 6.00. The Balaban J connectivity index is 1.86. The summed E-state index contributed by atoms with van der Waals surface area (Å²) < 4.78 is 6.00. The molecule has 0 bridgehead atoms. The molecule has 1 fully saturated rings. The molecule has 1 aliphatic heterocycles. The molecule has 0 amide bonds. The number of nitrogens with zero attached hydrogens (tertiary/aromatic N) is 1. The van der Waals surface area contributed by atoms with Gasteiger partial charge in [0.1, 0.15) is 0 Å². The zero-order chi connectivity index (χ0) is 13.0. The summed E-state index contributed by atoms with van der Waals surface area (Å²) in [6.07, 6.45) is 6.47. The minimum absolute atomic E-state index is 0.111. The summed E-state index contributed by atoms with van der Waals surface area (Å²) in [6, 6.07) is 0.584. The van der Waals surface area contributed by atoms with Crippen molar-refractivity contribution in [1.82, 2.24) is 10.3 Å². The van der Waals surface area contributed by atoms with Gasteiger partial charge >= 0.3 is 0 Å². The van der Waals surface area contributed by atoms with E-state index in [2.05, 4.69) is 31.1 Å². The molecule has 1 saturated heterocycles. The molecule has 1 N–H and O–H groups in total. The summed E-state index contributed by atoms with van der Waals surface area (Å²) in [6.45, 7) is 8.36. The van der Waals surface area contributed by atoms with Gasteiger partial charge in [0.05, 0.1) is 10.6 Å². The zero-order valence-corrected chi connectivity index (χ0v) is 12.5. The van der Waals surface area contributed by atoms with E-state index in [4.69, 9.17) is 4.74 Å². The number of ether oxygens (including phenoxy) is 1. The molecular formula is C14H24N2OS. The van der Waals surface area contributed by atoms with Gasteiger partial charge < -0.3 is 10.1 Å². The third kappa shape index (κ3) is 3.31. The van der Waals surface area contributed by atoms with Crippen LogP contribution in [0.1, 0.15) is 49.4 Å². The van der Waals surface area contributed by atoms with E-state index in [1.165, 1.54) is 4.88 Å². The van der Waals surface area contributed by atoms with E-state index < -0.39 is 0 Å². The van der Waals surface area contributed by atoms with Gasteiger partial charge in [0, 0.05) is 30.3 Å². The molecule has 1 aromatic heterocycles. The first kappa shape index (κ1) is 14.0. The Morgan fingerprint density at radius 1 is 1.50 bits per heavy atom. The molecule has 1 aliphatic rings. The molecule has 0 aliphatic carbocycles. The van der Waals surface area contributed by atoms with Crippen molar-refractivity contribution in [3.05, 3.63) is 16.1 Å². The van der Waals surface area contributed by atoms with Crippen LogP contribution >= 0.6 is 11.3 Å². The molecule has 18 heavy (non-hydrogen) atoms. The first-order valence-electron chi connectivity index (χ1n) is 6.96. The summed E-state index contributed by atoms with van der Waals surface area (Å²) in [5.74, 6) is 0. The lowest BCUT2D eigenvalue weighted by Gasteiger charge is -2.40. The fourth-order valence-electron chi connectivity index (χ4n) is 2.68. The highest BCUT2D eigenvalue weighted by Crippen LogP contribution is 2.31. The van der Waals surface area contributed by atoms with Crippen LogP contribution in [0, 0.1) is 6.92 Å². The van der Waals surface area contributed by atoms with Crippen molar-refractivity contribution in [1.29, 1.82) is 0 Å². The third-order valence-corrected chi connectivity index (χ3v) is 4.93. The molecule has 102 valence electrons. The smallest absolute Gasteiger partial charge is 0.0897 e. The Bertz CT molecular complexity index is 374. The highest BCUT2D eigenvalue weighted by molar-refractivity contribution is 7.11. The minimum atomic E-state index is 0.111. The first-order valence-corrected chi connectivity index (χ1v) is 7.78. The van der Waals surface area contributed by atoms with Gasteiger partial charge in [-0.25, -0.2) is 4.98 Å². The van der Waals surface area contributed by atoms with Gasteiger partial charge in [0.15, 0.2) is 0 Å². The van der Waals surface area contributed by atoms with Gasteiger partial charge in [-0.1, -0.05) is 13.8 Å². The minimum Gasteiger partial charge on any atom is -0.375 e. The standard InChI is InChI=1S/C14H24N2OS/c1-4-14(5-2)8-12(6-7-17-14)16-10-13-9-15-11(3)18-13/h9,12,16H,4-8,10H2,1-3H3. The van der Waals surface area contributed by atoms with E-state index in [0.717, 1.165) is 43.8 Å². The number of nitrogens with one attached hydrogen (secondary N) is 1. The predicted molar refractivity (Wildman–Crippen MR) is 76.0 cm³/mol. The first-order chi connectivity index (χ1) is 8.67. The van der Waals surface area contributed by atoms with Crippen molar-refractivity contribution in [3.8, 4) is 0 Å². The molecule has 1 atom stereocenters. The van der Waals surface area contributed by atoms with Gasteiger partial charge in [0.25, 0.3) is 0 Å². The van der Waals surface area contributed by atoms with Crippen molar-refractivity contribution in [2.45, 2.75) is 64.6 Å². The number of thiazole rings is 1. The fourth-order valence-corrected chi connectivity index (χ4v) is 3.42. The molecule has 2 rings (SSSR count). The van der Waals surface area contributed by atoms with E-state index in [1.807, 2.05) is 6.20 Å². The van der Waals surface area contributed by atoms with Crippen LogP contribution in [0.5, 0.6) is 0 Å². The van der Waals surface area contributed by atoms with Crippen LogP contribution in [0.2, 0.25) is 0 Å². The van der Waals surface area contributed by atoms with Crippen LogP contribution in [0.15, 0.2) is 6.20 Å². The maximum Gasteiger partial charge on any atom is 0.0897 e. The average Bonchev–Trinajstić information content (AvgIpc) is 2.82. The van der Waals surface area contributed by atoms with Crippen molar-refractivity contribution >= 4 is 11.3 Å². The Hall–Kier alpha value is -0.450. The van der Waals surface area contributed by atoms with Gasteiger partial charge in [-0.15, -0.1) is 11.3 Å². The Labute approximate surface area is 114 Å².